The Kier molecular flexibility index (Phi) is 3.57. The van der Waals surface area contributed by atoms with E-state index in [0.717, 1.165) is 11.3 Å². The van der Waals surface area contributed by atoms with Crippen molar-refractivity contribution in [3.05, 3.63) is 59.9 Å². The first-order valence-electron chi connectivity index (χ1n) is 5.56. The molecule has 0 spiro atoms. The van der Waals surface area contributed by atoms with Crippen LogP contribution in [0.3, 0.4) is 0 Å². The highest BCUT2D eigenvalue weighted by molar-refractivity contribution is 5.85. The van der Waals surface area contributed by atoms with Crippen LogP contribution in [-0.2, 0) is 4.79 Å². The molecule has 1 heterocycles. The Bertz CT molecular complexity index is 523. The van der Waals surface area contributed by atoms with E-state index in [4.69, 9.17) is 10.5 Å². The van der Waals surface area contributed by atoms with Crippen LogP contribution in [0, 0.1) is 0 Å². The van der Waals surface area contributed by atoms with Crippen molar-refractivity contribution >= 4 is 5.91 Å². The minimum Gasteiger partial charge on any atom is -0.497 e. The van der Waals surface area contributed by atoms with Gasteiger partial charge in [-0.3, -0.25) is 9.78 Å². The van der Waals surface area contributed by atoms with Crippen LogP contribution in [0.5, 0.6) is 5.75 Å². The van der Waals surface area contributed by atoms with E-state index < -0.39 is 11.8 Å². The summed E-state index contributed by atoms with van der Waals surface area (Å²) in [5.41, 5.74) is 6.92. The Balaban J connectivity index is 2.39. The van der Waals surface area contributed by atoms with Gasteiger partial charge in [-0.05, 0) is 29.8 Å². The van der Waals surface area contributed by atoms with Gasteiger partial charge < -0.3 is 10.5 Å². The van der Waals surface area contributed by atoms with Crippen molar-refractivity contribution in [1.29, 1.82) is 0 Å². The van der Waals surface area contributed by atoms with Crippen molar-refractivity contribution in [2.75, 3.05) is 7.11 Å². The fourth-order valence-corrected chi connectivity index (χ4v) is 1.82. The molecular weight excluding hydrogens is 228 g/mol. The summed E-state index contributed by atoms with van der Waals surface area (Å²) >= 11 is 0. The average Bonchev–Trinajstić information content (AvgIpc) is 2.40. The molecule has 0 unspecified atom stereocenters. The molecule has 4 heteroatoms. The van der Waals surface area contributed by atoms with Crippen LogP contribution in [0.1, 0.15) is 17.2 Å². The summed E-state index contributed by atoms with van der Waals surface area (Å²) in [7, 11) is 1.60. The van der Waals surface area contributed by atoms with E-state index >= 15 is 0 Å². The lowest BCUT2D eigenvalue weighted by atomic mass is 9.94. The molecule has 1 aromatic heterocycles. The van der Waals surface area contributed by atoms with E-state index in [1.165, 1.54) is 0 Å². The average molecular weight is 242 g/mol. The fraction of sp³-hybridized carbons (Fsp3) is 0.143. The van der Waals surface area contributed by atoms with E-state index in [1.54, 1.807) is 37.6 Å². The molecule has 4 nitrogen and oxygen atoms in total. The van der Waals surface area contributed by atoms with Gasteiger partial charge in [-0.15, -0.1) is 0 Å². The van der Waals surface area contributed by atoms with Gasteiger partial charge >= 0.3 is 0 Å². The molecule has 0 saturated carbocycles. The molecule has 2 aromatic rings. The summed E-state index contributed by atoms with van der Waals surface area (Å²) in [6.45, 7) is 0. The fourth-order valence-electron chi connectivity index (χ4n) is 1.82. The minimum absolute atomic E-state index is 0.418. The number of methoxy groups -OCH3 is 1. The summed E-state index contributed by atoms with van der Waals surface area (Å²) in [4.78, 5) is 15.8. The van der Waals surface area contributed by atoms with E-state index in [1.807, 2.05) is 18.2 Å². The van der Waals surface area contributed by atoms with Crippen LogP contribution in [-0.4, -0.2) is 18.0 Å². The van der Waals surface area contributed by atoms with Crippen molar-refractivity contribution in [2.24, 2.45) is 5.73 Å². The van der Waals surface area contributed by atoms with Crippen molar-refractivity contribution < 1.29 is 9.53 Å². The zero-order chi connectivity index (χ0) is 13.0. The molecule has 92 valence electrons. The topological polar surface area (TPSA) is 65.2 Å². The lowest BCUT2D eigenvalue weighted by Gasteiger charge is -2.13. The van der Waals surface area contributed by atoms with E-state index in [-0.39, 0.29) is 0 Å². The van der Waals surface area contributed by atoms with Gasteiger partial charge in [0.05, 0.1) is 12.8 Å². The lowest BCUT2D eigenvalue weighted by Crippen LogP contribution is -2.23. The molecule has 0 saturated heterocycles. The number of amides is 1. The second-order valence-electron chi connectivity index (χ2n) is 3.86. The third-order valence-corrected chi connectivity index (χ3v) is 2.72. The van der Waals surface area contributed by atoms with Crippen LogP contribution in [0.4, 0.5) is 0 Å². The molecular formula is C14H14N2O2. The van der Waals surface area contributed by atoms with Crippen molar-refractivity contribution in [1.82, 2.24) is 4.98 Å². The Labute approximate surface area is 105 Å². The number of hydrogen-bond donors (Lipinski definition) is 1. The number of pyridine rings is 1. The maximum atomic E-state index is 11.6. The molecule has 0 aliphatic rings. The normalized spacial score (nSPS) is 11.8. The number of ether oxygens (including phenoxy) is 1. The van der Waals surface area contributed by atoms with E-state index in [9.17, 15) is 4.79 Å². The van der Waals surface area contributed by atoms with Gasteiger partial charge in [0.25, 0.3) is 0 Å². The number of carbonyl (C=O) groups excluding carboxylic acids is 1. The first-order chi connectivity index (χ1) is 8.72. The number of aromatic nitrogens is 1. The number of nitrogens with zero attached hydrogens (tertiary/aromatic N) is 1. The summed E-state index contributed by atoms with van der Waals surface area (Å²) in [6.07, 6.45) is 1.65. The molecule has 0 bridgehead atoms. The van der Waals surface area contributed by atoms with Gasteiger partial charge in [0, 0.05) is 6.20 Å². The van der Waals surface area contributed by atoms with Crippen molar-refractivity contribution in [3.8, 4) is 5.75 Å². The molecule has 0 aliphatic carbocycles. The molecule has 2 rings (SSSR count). The maximum absolute atomic E-state index is 11.6. The zero-order valence-corrected chi connectivity index (χ0v) is 10.0. The number of carbonyl (C=O) groups is 1. The lowest BCUT2D eigenvalue weighted by molar-refractivity contribution is -0.118. The van der Waals surface area contributed by atoms with E-state index in [2.05, 4.69) is 4.98 Å². The second-order valence-corrected chi connectivity index (χ2v) is 3.86. The predicted molar refractivity (Wildman–Crippen MR) is 68.3 cm³/mol. The number of benzene rings is 1. The Morgan fingerprint density at radius 1 is 1.22 bits per heavy atom. The number of hydrogen-bond acceptors (Lipinski definition) is 3. The van der Waals surface area contributed by atoms with Crippen LogP contribution in [0.15, 0.2) is 48.7 Å². The summed E-state index contributed by atoms with van der Waals surface area (Å²) in [6, 6.07) is 12.7. The Hall–Kier alpha value is -2.36. The van der Waals surface area contributed by atoms with Crippen LogP contribution < -0.4 is 10.5 Å². The molecule has 1 amide bonds. The monoisotopic (exact) mass is 242 g/mol. The smallest absolute Gasteiger partial charge is 0.231 e. The highest BCUT2D eigenvalue weighted by atomic mass is 16.5. The summed E-state index contributed by atoms with van der Waals surface area (Å²) in [5.74, 6) is -0.209. The van der Waals surface area contributed by atoms with Crippen molar-refractivity contribution in [3.63, 3.8) is 0 Å². The van der Waals surface area contributed by atoms with Gasteiger partial charge in [-0.1, -0.05) is 18.2 Å². The summed E-state index contributed by atoms with van der Waals surface area (Å²) < 4.78 is 5.08. The highest BCUT2D eigenvalue weighted by Gasteiger charge is 2.21. The van der Waals surface area contributed by atoms with Gasteiger partial charge in [-0.2, -0.15) is 0 Å². The molecule has 0 aliphatic heterocycles. The minimum atomic E-state index is -0.530. The van der Waals surface area contributed by atoms with Crippen LogP contribution in [0.25, 0.3) is 0 Å². The van der Waals surface area contributed by atoms with Crippen LogP contribution >= 0.6 is 0 Å². The maximum Gasteiger partial charge on any atom is 0.231 e. The highest BCUT2D eigenvalue weighted by Crippen LogP contribution is 2.24. The number of rotatable bonds is 4. The molecule has 18 heavy (non-hydrogen) atoms. The Morgan fingerprint density at radius 3 is 2.44 bits per heavy atom. The third kappa shape index (κ3) is 2.48. The third-order valence-electron chi connectivity index (χ3n) is 2.72. The Morgan fingerprint density at radius 2 is 1.94 bits per heavy atom. The van der Waals surface area contributed by atoms with Gasteiger partial charge in [0.1, 0.15) is 11.7 Å². The predicted octanol–water partition coefficient (Wildman–Crippen LogP) is 1.71. The molecule has 0 fully saturated rings. The first-order valence-corrected chi connectivity index (χ1v) is 5.56. The molecule has 2 N–H and O–H groups in total. The summed E-state index contributed by atoms with van der Waals surface area (Å²) in [5, 5.41) is 0. The van der Waals surface area contributed by atoms with Gasteiger partial charge in [0.2, 0.25) is 5.91 Å². The van der Waals surface area contributed by atoms with E-state index in [0.29, 0.717) is 5.69 Å². The number of primary amides is 1. The number of nitrogens with two attached hydrogens (primary N) is 1. The first kappa shape index (κ1) is 12.1. The molecule has 1 atom stereocenters. The van der Waals surface area contributed by atoms with Crippen LogP contribution in [0.2, 0.25) is 0 Å². The molecule has 1 aromatic carbocycles. The zero-order valence-electron chi connectivity index (χ0n) is 10.0. The van der Waals surface area contributed by atoms with Crippen molar-refractivity contribution in [2.45, 2.75) is 5.92 Å². The second kappa shape index (κ2) is 5.31. The largest absolute Gasteiger partial charge is 0.497 e. The standard InChI is InChI=1S/C14H14N2O2/c1-18-11-7-5-10(6-8-11)13(14(15)17)12-4-2-3-9-16-12/h2-9,13H,1H3,(H2,15,17)/t13-/m1/s1. The SMILES string of the molecule is COc1ccc([C@@H](C(N)=O)c2ccccn2)cc1. The molecule has 0 radical (unpaired) electrons. The van der Waals surface area contributed by atoms with Gasteiger partial charge in [-0.25, -0.2) is 0 Å². The van der Waals surface area contributed by atoms with Gasteiger partial charge in [0.15, 0.2) is 0 Å². The quantitative estimate of drug-likeness (QED) is 0.887.